The third-order valence-electron chi connectivity index (χ3n) is 1.22. The van der Waals surface area contributed by atoms with E-state index in [1.165, 1.54) is 0 Å². The van der Waals surface area contributed by atoms with E-state index in [0.717, 1.165) is 5.69 Å². The van der Waals surface area contributed by atoms with E-state index in [2.05, 4.69) is 25.2 Å². The van der Waals surface area contributed by atoms with E-state index in [-0.39, 0.29) is 0 Å². The molecule has 1 rings (SSSR count). The Balaban J connectivity index is 2.85. The highest BCUT2D eigenvalue weighted by molar-refractivity contribution is 4.92. The molecule has 9 heavy (non-hydrogen) atoms. The molecule has 0 aliphatic heterocycles. The van der Waals surface area contributed by atoms with Crippen molar-refractivity contribution in [3.8, 4) is 0 Å². The van der Waals surface area contributed by atoms with Gasteiger partial charge in [0.05, 0.1) is 5.69 Å². The molecule has 0 spiro atoms. The zero-order valence-electron chi connectivity index (χ0n) is 6.05. The lowest BCUT2D eigenvalue weighted by Crippen LogP contribution is -1.95. The molecule has 0 bridgehead atoms. The van der Waals surface area contributed by atoms with Crippen LogP contribution in [-0.2, 0) is 0 Å². The van der Waals surface area contributed by atoms with Crippen LogP contribution in [-0.4, -0.2) is 9.55 Å². The fourth-order valence-electron chi connectivity index (χ4n) is 0.660. The minimum absolute atomic E-state index is 0.478. The number of imidazole rings is 1. The van der Waals surface area contributed by atoms with Gasteiger partial charge >= 0.3 is 0 Å². The summed E-state index contributed by atoms with van der Waals surface area (Å²) in [4.78, 5) is 3.98. The second-order valence-corrected chi connectivity index (χ2v) is 2.48. The lowest BCUT2D eigenvalue weighted by atomic mass is 10.4. The van der Waals surface area contributed by atoms with Gasteiger partial charge in [-0.05, 0) is 20.8 Å². The van der Waals surface area contributed by atoms with Gasteiger partial charge in [-0.25, -0.2) is 4.98 Å². The summed E-state index contributed by atoms with van der Waals surface area (Å²) in [5, 5.41) is 0. The molecule has 2 heteroatoms. The van der Waals surface area contributed by atoms with Crippen LogP contribution in [0.25, 0.3) is 0 Å². The summed E-state index contributed by atoms with van der Waals surface area (Å²) in [5.41, 5.74) is 1.03. The van der Waals surface area contributed by atoms with Crippen LogP contribution in [0.2, 0.25) is 0 Å². The predicted octanol–water partition coefficient (Wildman–Crippen LogP) is 1.57. The average Bonchev–Trinajstić information content (AvgIpc) is 2.14. The number of nitrogens with zero attached hydrogens (tertiary/aromatic N) is 2. The predicted molar refractivity (Wildman–Crippen MR) is 36.2 cm³/mol. The Morgan fingerprint density at radius 1 is 1.67 bits per heavy atom. The molecule has 1 aromatic heterocycles. The Hall–Kier alpha value is -0.790. The summed E-state index contributed by atoms with van der Waals surface area (Å²) in [6.45, 7) is 6.19. The van der Waals surface area contributed by atoms with Crippen LogP contribution in [0.15, 0.2) is 6.20 Å². The molecule has 0 aliphatic rings. The van der Waals surface area contributed by atoms with Crippen LogP contribution in [0, 0.1) is 13.3 Å². The number of aryl methyl sites for hydroxylation is 1. The molecule has 0 atom stereocenters. The van der Waals surface area contributed by atoms with Crippen molar-refractivity contribution in [2.45, 2.75) is 26.8 Å². The van der Waals surface area contributed by atoms with E-state index in [4.69, 9.17) is 0 Å². The first kappa shape index (κ1) is 6.33. The zero-order valence-corrected chi connectivity index (χ0v) is 6.05. The van der Waals surface area contributed by atoms with Crippen molar-refractivity contribution in [3.05, 3.63) is 18.2 Å². The molecule has 1 aromatic rings. The molecule has 0 unspecified atom stereocenters. The summed E-state index contributed by atoms with van der Waals surface area (Å²) in [7, 11) is 0. The van der Waals surface area contributed by atoms with E-state index in [9.17, 15) is 0 Å². The van der Waals surface area contributed by atoms with E-state index in [1.54, 1.807) is 0 Å². The summed E-state index contributed by atoms with van der Waals surface area (Å²) in [6, 6.07) is 0.478. The lowest BCUT2D eigenvalue weighted by Gasteiger charge is -2.02. The lowest BCUT2D eigenvalue weighted by molar-refractivity contribution is 0.595. The number of hydrogen-bond donors (Lipinski definition) is 0. The Bertz CT molecular complexity index is 189. The molecule has 2 nitrogen and oxygen atoms in total. The van der Waals surface area contributed by atoms with Crippen molar-refractivity contribution >= 4 is 0 Å². The van der Waals surface area contributed by atoms with Crippen LogP contribution >= 0.6 is 0 Å². The van der Waals surface area contributed by atoms with Crippen LogP contribution in [0.5, 0.6) is 0 Å². The maximum absolute atomic E-state index is 3.98. The second-order valence-electron chi connectivity index (χ2n) is 2.48. The minimum Gasteiger partial charge on any atom is -0.326 e. The normalized spacial score (nSPS) is 10.7. The topological polar surface area (TPSA) is 17.8 Å². The molecule has 0 aliphatic carbocycles. The van der Waals surface area contributed by atoms with Crippen LogP contribution in [0.1, 0.15) is 25.6 Å². The summed E-state index contributed by atoms with van der Waals surface area (Å²) in [6.07, 6.45) is 4.86. The van der Waals surface area contributed by atoms with Gasteiger partial charge in [0.15, 0.2) is 6.33 Å². The average molecular weight is 123 g/mol. The number of rotatable bonds is 1. The van der Waals surface area contributed by atoms with Gasteiger partial charge in [0, 0.05) is 12.2 Å². The molecular formula is C7H11N2. The quantitative estimate of drug-likeness (QED) is 0.554. The SMILES string of the molecule is Cc1cn(C(C)C)[c]n1. The first-order valence-corrected chi connectivity index (χ1v) is 3.13. The van der Waals surface area contributed by atoms with Gasteiger partial charge in [0.2, 0.25) is 0 Å². The molecule has 0 aromatic carbocycles. The van der Waals surface area contributed by atoms with Crippen molar-refractivity contribution in [1.29, 1.82) is 0 Å². The first-order valence-electron chi connectivity index (χ1n) is 3.13. The maximum atomic E-state index is 3.98. The van der Waals surface area contributed by atoms with Gasteiger partial charge in [-0.15, -0.1) is 0 Å². The fraction of sp³-hybridized carbons (Fsp3) is 0.571. The molecule has 0 amide bonds. The molecule has 0 fully saturated rings. The van der Waals surface area contributed by atoms with Crippen molar-refractivity contribution in [2.75, 3.05) is 0 Å². The highest BCUT2D eigenvalue weighted by atomic mass is 15.0. The number of aromatic nitrogens is 2. The van der Waals surface area contributed by atoms with Crippen LogP contribution < -0.4 is 0 Å². The summed E-state index contributed by atoms with van der Waals surface area (Å²) in [5.74, 6) is 0. The number of hydrogen-bond acceptors (Lipinski definition) is 1. The van der Waals surface area contributed by atoms with E-state index in [1.807, 2.05) is 17.7 Å². The largest absolute Gasteiger partial charge is 0.326 e. The third-order valence-corrected chi connectivity index (χ3v) is 1.22. The van der Waals surface area contributed by atoms with Gasteiger partial charge in [-0.2, -0.15) is 0 Å². The Labute approximate surface area is 55.5 Å². The molecule has 0 saturated carbocycles. The van der Waals surface area contributed by atoms with Gasteiger partial charge in [0.1, 0.15) is 0 Å². The van der Waals surface area contributed by atoms with Crippen molar-refractivity contribution in [2.24, 2.45) is 0 Å². The highest BCUT2D eigenvalue weighted by Crippen LogP contribution is 2.02. The van der Waals surface area contributed by atoms with Gasteiger partial charge in [0.25, 0.3) is 0 Å². The van der Waals surface area contributed by atoms with Crippen LogP contribution in [0.4, 0.5) is 0 Å². The highest BCUT2D eigenvalue weighted by Gasteiger charge is 1.96. The zero-order chi connectivity index (χ0) is 6.85. The first-order chi connectivity index (χ1) is 4.20. The maximum Gasteiger partial charge on any atom is 0.176 e. The fourth-order valence-corrected chi connectivity index (χ4v) is 0.660. The van der Waals surface area contributed by atoms with E-state index in [0.29, 0.717) is 6.04 Å². The summed E-state index contributed by atoms with van der Waals surface area (Å²) >= 11 is 0. The van der Waals surface area contributed by atoms with E-state index >= 15 is 0 Å². The molecule has 49 valence electrons. The molecule has 0 saturated heterocycles. The second kappa shape index (κ2) is 2.21. The Kier molecular flexibility index (Phi) is 1.56. The van der Waals surface area contributed by atoms with Gasteiger partial charge < -0.3 is 4.57 Å². The van der Waals surface area contributed by atoms with Crippen molar-refractivity contribution < 1.29 is 0 Å². The standard InChI is InChI=1S/C7H11N2/c1-6(2)9-4-7(3)8-5-9/h4,6H,1-3H3. The molecule has 1 radical (unpaired) electrons. The monoisotopic (exact) mass is 123 g/mol. The smallest absolute Gasteiger partial charge is 0.176 e. The van der Waals surface area contributed by atoms with Crippen LogP contribution in [0.3, 0.4) is 0 Å². The third kappa shape index (κ3) is 1.31. The minimum atomic E-state index is 0.478. The van der Waals surface area contributed by atoms with Crippen molar-refractivity contribution in [1.82, 2.24) is 9.55 Å². The summed E-state index contributed by atoms with van der Waals surface area (Å²) < 4.78 is 1.97. The Morgan fingerprint density at radius 2 is 2.33 bits per heavy atom. The molecule has 0 N–H and O–H groups in total. The van der Waals surface area contributed by atoms with Gasteiger partial charge in [-0.3, -0.25) is 0 Å². The van der Waals surface area contributed by atoms with Crippen molar-refractivity contribution in [3.63, 3.8) is 0 Å². The molecular weight excluding hydrogens is 112 g/mol. The van der Waals surface area contributed by atoms with E-state index < -0.39 is 0 Å². The van der Waals surface area contributed by atoms with Gasteiger partial charge in [-0.1, -0.05) is 0 Å². The Morgan fingerprint density at radius 3 is 2.56 bits per heavy atom. The molecule has 1 heterocycles.